The first-order valence-electron chi connectivity index (χ1n) is 6.27. The molecule has 0 spiro atoms. The van der Waals surface area contributed by atoms with Crippen LogP contribution in [-0.2, 0) is 16.1 Å². The van der Waals surface area contributed by atoms with Crippen LogP contribution in [-0.4, -0.2) is 11.8 Å². The summed E-state index contributed by atoms with van der Waals surface area (Å²) in [5.41, 5.74) is 1.82. The number of hydrogen-bond acceptors (Lipinski definition) is 3. The zero-order valence-electron chi connectivity index (χ0n) is 11.1. The summed E-state index contributed by atoms with van der Waals surface area (Å²) in [4.78, 5) is 23.5. The van der Waals surface area contributed by atoms with Gasteiger partial charge in [0.25, 0.3) is 0 Å². The predicted molar refractivity (Wildman–Crippen MR) is 79.2 cm³/mol. The van der Waals surface area contributed by atoms with Crippen molar-refractivity contribution in [1.29, 1.82) is 0 Å². The van der Waals surface area contributed by atoms with Crippen LogP contribution in [0, 0.1) is 0 Å². The van der Waals surface area contributed by atoms with Gasteiger partial charge in [0, 0.05) is 13.5 Å². The molecule has 0 saturated carbocycles. The lowest BCUT2D eigenvalue weighted by Gasteiger charge is -2.16. The van der Waals surface area contributed by atoms with E-state index in [9.17, 15) is 9.59 Å². The van der Waals surface area contributed by atoms with Crippen molar-refractivity contribution in [2.45, 2.75) is 19.5 Å². The van der Waals surface area contributed by atoms with Crippen LogP contribution in [0.3, 0.4) is 0 Å². The first kappa shape index (κ1) is 14.3. The van der Waals surface area contributed by atoms with E-state index in [0.29, 0.717) is 6.54 Å². The van der Waals surface area contributed by atoms with Crippen molar-refractivity contribution >= 4 is 23.2 Å². The Kier molecular flexibility index (Phi) is 4.90. The van der Waals surface area contributed by atoms with E-state index in [1.807, 2.05) is 47.2 Å². The summed E-state index contributed by atoms with van der Waals surface area (Å²) in [6, 6.07) is 10.9. The SMILES string of the molecule is CC(=O)N[C@@H](C(=O)NCc1ccccc1)c1ccsc1. The van der Waals surface area contributed by atoms with Gasteiger partial charge in [-0.05, 0) is 28.0 Å². The lowest BCUT2D eigenvalue weighted by atomic mass is 10.1. The van der Waals surface area contributed by atoms with Crippen LogP contribution < -0.4 is 10.6 Å². The highest BCUT2D eigenvalue weighted by Crippen LogP contribution is 2.16. The molecule has 2 rings (SSSR count). The van der Waals surface area contributed by atoms with Crippen molar-refractivity contribution < 1.29 is 9.59 Å². The first-order chi connectivity index (χ1) is 9.66. The Bertz CT molecular complexity index is 567. The number of benzene rings is 1. The van der Waals surface area contributed by atoms with E-state index in [1.165, 1.54) is 18.3 Å². The Morgan fingerprint density at radius 2 is 1.95 bits per heavy atom. The second-order valence-electron chi connectivity index (χ2n) is 4.39. The fraction of sp³-hybridized carbons (Fsp3) is 0.200. The minimum Gasteiger partial charge on any atom is -0.350 e. The van der Waals surface area contributed by atoms with E-state index < -0.39 is 6.04 Å². The first-order valence-corrected chi connectivity index (χ1v) is 7.22. The van der Waals surface area contributed by atoms with Crippen molar-refractivity contribution in [1.82, 2.24) is 10.6 Å². The molecule has 0 aliphatic carbocycles. The quantitative estimate of drug-likeness (QED) is 0.886. The zero-order chi connectivity index (χ0) is 14.4. The summed E-state index contributed by atoms with van der Waals surface area (Å²) in [5, 5.41) is 9.27. The van der Waals surface area contributed by atoms with Crippen molar-refractivity contribution in [3.63, 3.8) is 0 Å². The highest BCUT2D eigenvalue weighted by Gasteiger charge is 2.21. The number of hydrogen-bond donors (Lipinski definition) is 2. The molecular formula is C15H16N2O2S. The monoisotopic (exact) mass is 288 g/mol. The van der Waals surface area contributed by atoms with Crippen LogP contribution >= 0.6 is 11.3 Å². The molecule has 0 radical (unpaired) electrons. The number of carbonyl (C=O) groups excluding carboxylic acids is 2. The van der Waals surface area contributed by atoms with Gasteiger partial charge in [0.2, 0.25) is 11.8 Å². The third-order valence-electron chi connectivity index (χ3n) is 2.80. The molecule has 1 aromatic carbocycles. The smallest absolute Gasteiger partial charge is 0.247 e. The largest absolute Gasteiger partial charge is 0.350 e. The van der Waals surface area contributed by atoms with Crippen molar-refractivity contribution in [2.75, 3.05) is 0 Å². The van der Waals surface area contributed by atoms with E-state index in [0.717, 1.165) is 11.1 Å². The Balaban J connectivity index is 2.02. The third kappa shape index (κ3) is 3.93. The molecule has 0 bridgehead atoms. The summed E-state index contributed by atoms with van der Waals surface area (Å²) in [6.45, 7) is 1.85. The summed E-state index contributed by atoms with van der Waals surface area (Å²) in [5.74, 6) is -0.432. The van der Waals surface area contributed by atoms with Gasteiger partial charge in [-0.2, -0.15) is 11.3 Å². The molecule has 1 heterocycles. The second-order valence-corrected chi connectivity index (χ2v) is 5.17. The number of thiophene rings is 1. The van der Waals surface area contributed by atoms with Gasteiger partial charge in [-0.25, -0.2) is 0 Å². The average molecular weight is 288 g/mol. The van der Waals surface area contributed by atoms with Gasteiger partial charge in [0.15, 0.2) is 0 Å². The number of nitrogens with one attached hydrogen (secondary N) is 2. The number of rotatable bonds is 5. The number of amides is 2. The standard InChI is InChI=1S/C15H16N2O2S/c1-11(18)17-14(13-7-8-20-10-13)15(19)16-9-12-5-3-2-4-6-12/h2-8,10,14H,9H2,1H3,(H,16,19)(H,17,18)/t14-/m1/s1. The lowest BCUT2D eigenvalue weighted by Crippen LogP contribution is -2.39. The van der Waals surface area contributed by atoms with E-state index in [-0.39, 0.29) is 11.8 Å². The topological polar surface area (TPSA) is 58.2 Å². The summed E-state index contributed by atoms with van der Waals surface area (Å²) in [6.07, 6.45) is 0. The fourth-order valence-corrected chi connectivity index (χ4v) is 2.52. The van der Waals surface area contributed by atoms with E-state index in [4.69, 9.17) is 0 Å². The molecule has 1 atom stereocenters. The maximum absolute atomic E-state index is 12.2. The Hall–Kier alpha value is -2.14. The maximum Gasteiger partial charge on any atom is 0.247 e. The van der Waals surface area contributed by atoms with Crippen LogP contribution in [0.4, 0.5) is 0 Å². The van der Waals surface area contributed by atoms with E-state index in [1.54, 1.807) is 0 Å². The van der Waals surface area contributed by atoms with Gasteiger partial charge in [-0.15, -0.1) is 0 Å². The predicted octanol–water partition coefficient (Wildman–Crippen LogP) is 2.24. The van der Waals surface area contributed by atoms with Crippen molar-refractivity contribution in [3.8, 4) is 0 Å². The number of carbonyl (C=O) groups is 2. The fourth-order valence-electron chi connectivity index (χ4n) is 1.83. The van der Waals surface area contributed by atoms with Crippen molar-refractivity contribution in [2.24, 2.45) is 0 Å². The van der Waals surface area contributed by atoms with Gasteiger partial charge < -0.3 is 10.6 Å². The molecule has 5 heteroatoms. The van der Waals surface area contributed by atoms with Crippen molar-refractivity contribution in [3.05, 3.63) is 58.3 Å². The van der Waals surface area contributed by atoms with Gasteiger partial charge in [-0.3, -0.25) is 9.59 Å². The molecule has 104 valence electrons. The minimum atomic E-state index is -0.637. The Morgan fingerprint density at radius 3 is 2.55 bits per heavy atom. The van der Waals surface area contributed by atoms with Crippen LogP contribution in [0.25, 0.3) is 0 Å². The molecule has 0 unspecified atom stereocenters. The van der Waals surface area contributed by atoms with Gasteiger partial charge >= 0.3 is 0 Å². The molecule has 2 aromatic rings. The van der Waals surface area contributed by atoms with Crippen LogP contribution in [0.15, 0.2) is 47.2 Å². The average Bonchev–Trinajstić information content (AvgIpc) is 2.97. The lowest BCUT2D eigenvalue weighted by molar-refractivity contribution is -0.128. The van der Waals surface area contributed by atoms with E-state index in [2.05, 4.69) is 10.6 Å². The summed E-state index contributed by atoms with van der Waals surface area (Å²) < 4.78 is 0. The van der Waals surface area contributed by atoms with E-state index >= 15 is 0 Å². The molecule has 2 amide bonds. The molecule has 0 aliphatic rings. The Morgan fingerprint density at radius 1 is 1.20 bits per heavy atom. The molecule has 4 nitrogen and oxygen atoms in total. The molecule has 0 aliphatic heterocycles. The molecule has 0 fully saturated rings. The normalized spacial score (nSPS) is 11.7. The second kappa shape index (κ2) is 6.86. The van der Waals surface area contributed by atoms with Gasteiger partial charge in [-0.1, -0.05) is 30.3 Å². The third-order valence-corrected chi connectivity index (χ3v) is 3.50. The van der Waals surface area contributed by atoms with Gasteiger partial charge in [0.05, 0.1) is 0 Å². The molecule has 2 N–H and O–H groups in total. The highest BCUT2D eigenvalue weighted by atomic mass is 32.1. The van der Waals surface area contributed by atoms with Crippen LogP contribution in [0.1, 0.15) is 24.1 Å². The molecule has 20 heavy (non-hydrogen) atoms. The zero-order valence-corrected chi connectivity index (χ0v) is 11.9. The van der Waals surface area contributed by atoms with Crippen LogP contribution in [0.5, 0.6) is 0 Å². The molecular weight excluding hydrogens is 272 g/mol. The minimum absolute atomic E-state index is 0.206. The van der Waals surface area contributed by atoms with Gasteiger partial charge in [0.1, 0.15) is 6.04 Å². The summed E-state index contributed by atoms with van der Waals surface area (Å²) >= 11 is 1.50. The highest BCUT2D eigenvalue weighted by molar-refractivity contribution is 7.08. The maximum atomic E-state index is 12.2. The molecule has 0 saturated heterocycles. The van der Waals surface area contributed by atoms with Crippen LogP contribution in [0.2, 0.25) is 0 Å². The molecule has 1 aromatic heterocycles. The summed E-state index contributed by atoms with van der Waals surface area (Å²) in [7, 11) is 0. The Labute approximate surface area is 121 Å².